The third-order valence-electron chi connectivity index (χ3n) is 4.04. The summed E-state index contributed by atoms with van der Waals surface area (Å²) in [4.78, 5) is 0. The van der Waals surface area contributed by atoms with E-state index in [4.69, 9.17) is 4.74 Å². The molecule has 0 aromatic heterocycles. The predicted octanol–water partition coefficient (Wildman–Crippen LogP) is 3.60. The van der Waals surface area contributed by atoms with Gasteiger partial charge in [0.1, 0.15) is 5.82 Å². The van der Waals surface area contributed by atoms with E-state index in [1.807, 2.05) is 33.0 Å². The first-order chi connectivity index (χ1) is 9.13. The van der Waals surface area contributed by atoms with Gasteiger partial charge in [0.15, 0.2) is 0 Å². The Morgan fingerprint density at radius 1 is 1.42 bits per heavy atom. The predicted molar refractivity (Wildman–Crippen MR) is 75.7 cm³/mol. The fraction of sp³-hybridized carbons (Fsp3) is 0.625. The lowest BCUT2D eigenvalue weighted by atomic mass is 9.77. The minimum Gasteiger partial charge on any atom is -0.378 e. The van der Waals surface area contributed by atoms with E-state index in [0.29, 0.717) is 12.0 Å². The molecule has 0 saturated heterocycles. The van der Waals surface area contributed by atoms with E-state index in [1.54, 1.807) is 6.07 Å². The highest BCUT2D eigenvalue weighted by Crippen LogP contribution is 2.37. The molecule has 1 aliphatic rings. The van der Waals surface area contributed by atoms with E-state index in [2.05, 4.69) is 5.32 Å². The van der Waals surface area contributed by atoms with Crippen molar-refractivity contribution in [2.45, 2.75) is 45.3 Å². The van der Waals surface area contributed by atoms with Crippen LogP contribution in [0.15, 0.2) is 18.2 Å². The number of ether oxygens (including phenoxy) is 1. The molecule has 19 heavy (non-hydrogen) atoms. The first-order valence-corrected chi connectivity index (χ1v) is 7.19. The van der Waals surface area contributed by atoms with E-state index >= 15 is 0 Å². The van der Waals surface area contributed by atoms with Crippen LogP contribution in [0.25, 0.3) is 0 Å². The lowest BCUT2D eigenvalue weighted by Gasteiger charge is -2.37. The number of hydrogen-bond acceptors (Lipinski definition) is 2. The maximum atomic E-state index is 13.9. The Hall–Kier alpha value is -0.930. The fourth-order valence-corrected chi connectivity index (χ4v) is 2.90. The van der Waals surface area contributed by atoms with E-state index in [1.165, 1.54) is 0 Å². The average Bonchev–Trinajstić information content (AvgIpc) is 2.35. The molecule has 0 aliphatic heterocycles. The van der Waals surface area contributed by atoms with Gasteiger partial charge in [0.25, 0.3) is 0 Å². The van der Waals surface area contributed by atoms with Gasteiger partial charge in [-0.15, -0.1) is 0 Å². The molecule has 1 aromatic rings. The Morgan fingerprint density at radius 3 is 2.79 bits per heavy atom. The Kier molecular flexibility index (Phi) is 4.94. The smallest absolute Gasteiger partial charge is 0.127 e. The number of aryl methyl sites for hydroxylation is 1. The maximum Gasteiger partial charge on any atom is 0.127 e. The topological polar surface area (TPSA) is 21.3 Å². The van der Waals surface area contributed by atoms with E-state index < -0.39 is 0 Å². The molecule has 1 unspecified atom stereocenters. The van der Waals surface area contributed by atoms with Crippen LogP contribution in [0.3, 0.4) is 0 Å². The standard InChI is InChI=1S/C16H24FNO/c1-4-19-13-8-12(9-13)10-16(18-3)14-7-11(2)5-6-15(14)17/h5-7,12-13,16,18H,4,8-10H2,1-3H3. The van der Waals surface area contributed by atoms with Crippen molar-refractivity contribution in [3.8, 4) is 0 Å². The molecular weight excluding hydrogens is 241 g/mol. The molecule has 1 atom stereocenters. The summed E-state index contributed by atoms with van der Waals surface area (Å²) in [6.45, 7) is 4.83. The third-order valence-corrected chi connectivity index (χ3v) is 4.04. The highest BCUT2D eigenvalue weighted by molar-refractivity contribution is 5.27. The van der Waals surface area contributed by atoms with Gasteiger partial charge in [0.2, 0.25) is 0 Å². The van der Waals surface area contributed by atoms with Crippen LogP contribution in [-0.2, 0) is 4.74 Å². The van der Waals surface area contributed by atoms with Gasteiger partial charge in [0, 0.05) is 18.2 Å². The minimum atomic E-state index is -0.106. The number of nitrogens with one attached hydrogen (secondary N) is 1. The van der Waals surface area contributed by atoms with Crippen LogP contribution in [0.2, 0.25) is 0 Å². The molecule has 1 saturated carbocycles. The zero-order valence-corrected chi connectivity index (χ0v) is 12.1. The molecule has 2 nitrogen and oxygen atoms in total. The molecule has 1 aromatic carbocycles. The second kappa shape index (κ2) is 6.49. The summed E-state index contributed by atoms with van der Waals surface area (Å²) in [6.07, 6.45) is 3.63. The zero-order chi connectivity index (χ0) is 13.8. The van der Waals surface area contributed by atoms with Gasteiger partial charge in [-0.1, -0.05) is 17.7 Å². The fourth-order valence-electron chi connectivity index (χ4n) is 2.90. The number of benzene rings is 1. The van der Waals surface area contributed by atoms with Crippen molar-refractivity contribution in [2.75, 3.05) is 13.7 Å². The van der Waals surface area contributed by atoms with Crippen molar-refractivity contribution in [2.24, 2.45) is 5.92 Å². The normalized spacial score (nSPS) is 24.0. The maximum absolute atomic E-state index is 13.9. The van der Waals surface area contributed by atoms with Crippen LogP contribution in [-0.4, -0.2) is 19.8 Å². The van der Waals surface area contributed by atoms with Crippen molar-refractivity contribution in [1.82, 2.24) is 5.32 Å². The molecule has 1 N–H and O–H groups in total. The van der Waals surface area contributed by atoms with Gasteiger partial charge >= 0.3 is 0 Å². The van der Waals surface area contributed by atoms with E-state index in [-0.39, 0.29) is 11.9 Å². The zero-order valence-electron chi connectivity index (χ0n) is 12.1. The van der Waals surface area contributed by atoms with Gasteiger partial charge < -0.3 is 10.1 Å². The van der Waals surface area contributed by atoms with E-state index in [0.717, 1.165) is 37.0 Å². The quantitative estimate of drug-likeness (QED) is 0.848. The molecule has 0 amide bonds. The summed E-state index contributed by atoms with van der Waals surface area (Å²) in [5.74, 6) is 0.541. The van der Waals surface area contributed by atoms with Gasteiger partial charge in [-0.05, 0) is 52.1 Å². The molecule has 0 radical (unpaired) electrons. The second-order valence-electron chi connectivity index (χ2n) is 5.52. The summed E-state index contributed by atoms with van der Waals surface area (Å²) in [6, 6.07) is 5.45. The minimum absolute atomic E-state index is 0.104. The average molecular weight is 265 g/mol. The van der Waals surface area contributed by atoms with Crippen molar-refractivity contribution in [1.29, 1.82) is 0 Å². The van der Waals surface area contributed by atoms with Crippen LogP contribution in [0.1, 0.15) is 43.4 Å². The third kappa shape index (κ3) is 3.54. The Morgan fingerprint density at radius 2 is 2.16 bits per heavy atom. The number of rotatable bonds is 6. The van der Waals surface area contributed by atoms with Crippen molar-refractivity contribution < 1.29 is 9.13 Å². The molecule has 0 heterocycles. The van der Waals surface area contributed by atoms with Gasteiger partial charge in [0.05, 0.1) is 6.10 Å². The van der Waals surface area contributed by atoms with Crippen LogP contribution >= 0.6 is 0 Å². The SMILES string of the molecule is CCOC1CC(CC(NC)c2cc(C)ccc2F)C1. The molecule has 2 rings (SSSR count). The molecule has 1 fully saturated rings. The lowest BCUT2D eigenvalue weighted by Crippen LogP contribution is -2.34. The van der Waals surface area contributed by atoms with Crippen molar-refractivity contribution >= 4 is 0 Å². The molecule has 106 valence electrons. The highest BCUT2D eigenvalue weighted by Gasteiger charge is 2.32. The van der Waals surface area contributed by atoms with E-state index in [9.17, 15) is 4.39 Å². The molecule has 0 spiro atoms. The summed E-state index contributed by atoms with van der Waals surface area (Å²) in [5, 5.41) is 3.25. The van der Waals surface area contributed by atoms with Gasteiger partial charge in [-0.2, -0.15) is 0 Å². The molecular formula is C16H24FNO. The van der Waals surface area contributed by atoms with Crippen LogP contribution < -0.4 is 5.32 Å². The Bertz CT molecular complexity index is 415. The van der Waals surface area contributed by atoms with Gasteiger partial charge in [-0.3, -0.25) is 0 Å². The molecule has 3 heteroatoms. The van der Waals surface area contributed by atoms with Gasteiger partial charge in [-0.25, -0.2) is 4.39 Å². The summed E-state index contributed by atoms with van der Waals surface area (Å²) < 4.78 is 19.5. The summed E-state index contributed by atoms with van der Waals surface area (Å²) in [5.41, 5.74) is 1.90. The largest absolute Gasteiger partial charge is 0.378 e. The first kappa shape index (κ1) is 14.5. The summed E-state index contributed by atoms with van der Waals surface area (Å²) >= 11 is 0. The van der Waals surface area contributed by atoms with Crippen LogP contribution in [0, 0.1) is 18.7 Å². The van der Waals surface area contributed by atoms with Crippen molar-refractivity contribution in [3.05, 3.63) is 35.1 Å². The summed E-state index contributed by atoms with van der Waals surface area (Å²) in [7, 11) is 1.91. The number of halogens is 1. The monoisotopic (exact) mass is 265 g/mol. The number of hydrogen-bond donors (Lipinski definition) is 1. The second-order valence-corrected chi connectivity index (χ2v) is 5.52. The Labute approximate surface area is 115 Å². The van der Waals surface area contributed by atoms with Crippen LogP contribution in [0.5, 0.6) is 0 Å². The lowest BCUT2D eigenvalue weighted by molar-refractivity contribution is -0.0290. The first-order valence-electron chi connectivity index (χ1n) is 7.19. The van der Waals surface area contributed by atoms with Crippen LogP contribution in [0.4, 0.5) is 4.39 Å². The molecule has 1 aliphatic carbocycles. The highest BCUT2D eigenvalue weighted by atomic mass is 19.1. The Balaban J connectivity index is 1.95. The van der Waals surface area contributed by atoms with Crippen molar-refractivity contribution in [3.63, 3.8) is 0 Å². The molecule has 0 bridgehead atoms.